The molecule has 12 heavy (non-hydrogen) atoms. The second kappa shape index (κ2) is 6.42. The first-order chi connectivity index (χ1) is 5.74. The van der Waals surface area contributed by atoms with Gasteiger partial charge in [-0.25, -0.2) is 4.98 Å². The summed E-state index contributed by atoms with van der Waals surface area (Å²) in [4.78, 5) is 12.4. The van der Waals surface area contributed by atoms with Crippen LogP contribution in [0.25, 0.3) is 0 Å². The number of pyridine rings is 1. The molecule has 5 heteroatoms. The number of methoxy groups -OCH3 is 1. The Kier molecular flexibility index (Phi) is 5.73. The van der Waals surface area contributed by atoms with Gasteiger partial charge in [0.15, 0.2) is 0 Å². The Morgan fingerprint density at radius 2 is 2.25 bits per heavy atom. The summed E-state index contributed by atoms with van der Waals surface area (Å²) >= 11 is 4.32. The van der Waals surface area contributed by atoms with Gasteiger partial charge < -0.3 is 10.5 Å². The highest BCUT2D eigenvalue weighted by molar-refractivity contribution is 6.54. The quantitative estimate of drug-likeness (QED) is 0.529. The van der Waals surface area contributed by atoms with E-state index in [0.29, 0.717) is 11.6 Å². The predicted molar refractivity (Wildman–Crippen MR) is 47.8 cm³/mol. The molecule has 0 amide bonds. The van der Waals surface area contributed by atoms with E-state index >= 15 is 0 Å². The van der Waals surface area contributed by atoms with Crippen molar-refractivity contribution in [2.24, 2.45) is 0 Å². The fraction of sp³-hybridized carbons (Fsp3) is 0.143. The van der Waals surface area contributed by atoms with E-state index in [0.717, 1.165) is 0 Å². The second-order valence-corrected chi connectivity index (χ2v) is 1.90. The number of nitrogens with zero attached hydrogens (tertiary/aromatic N) is 1. The van der Waals surface area contributed by atoms with E-state index < -0.39 is 0 Å². The molecule has 2 N–H and O–H groups in total. The van der Waals surface area contributed by atoms with Crippen LogP contribution in [0.5, 0.6) is 5.88 Å². The smallest absolute Gasteiger partial charge is 0.213 e. The van der Waals surface area contributed by atoms with Gasteiger partial charge in [-0.05, 0) is 17.7 Å². The molecule has 1 aromatic heterocycles. The van der Waals surface area contributed by atoms with Crippen LogP contribution in [0.15, 0.2) is 18.3 Å². The van der Waals surface area contributed by atoms with E-state index in [2.05, 4.69) is 16.6 Å². The fourth-order valence-electron chi connectivity index (χ4n) is 0.512. The second-order valence-electron chi connectivity index (χ2n) is 1.72. The van der Waals surface area contributed by atoms with Crippen molar-refractivity contribution in [2.75, 3.05) is 12.8 Å². The number of nitrogen functional groups attached to an aromatic ring is 1. The number of rotatable bonds is 1. The van der Waals surface area contributed by atoms with E-state index in [1.54, 1.807) is 25.4 Å². The maximum absolute atomic E-state index is 8.57. The van der Waals surface area contributed by atoms with Gasteiger partial charge >= 0.3 is 0 Å². The lowest BCUT2D eigenvalue weighted by atomic mass is 10.4. The summed E-state index contributed by atoms with van der Waals surface area (Å²) in [5.41, 5.74) is 6.01. The Hall–Kier alpha value is -1.29. The average Bonchev–Trinajstić information content (AvgIpc) is 2.07. The first-order valence-corrected chi connectivity index (χ1v) is 3.47. The summed E-state index contributed by atoms with van der Waals surface area (Å²) in [6.45, 7) is 0. The van der Waals surface area contributed by atoms with E-state index in [-0.39, 0.29) is 5.75 Å². The summed E-state index contributed by atoms with van der Waals surface area (Å²) in [7, 11) is 1.57. The molecule has 0 bridgehead atoms. The van der Waals surface area contributed by atoms with Gasteiger partial charge in [-0.2, -0.15) is 0 Å². The number of hydrogen-bond acceptors (Lipinski definition) is 4. The SMILES string of the molecule is COc1ccc(N)cn1.O=CCl. The number of hydrogen-bond donors (Lipinski definition) is 1. The third-order valence-electron chi connectivity index (χ3n) is 0.968. The average molecular weight is 189 g/mol. The molecule has 0 spiro atoms. The van der Waals surface area contributed by atoms with Crippen molar-refractivity contribution in [2.45, 2.75) is 0 Å². The van der Waals surface area contributed by atoms with Crippen molar-refractivity contribution in [3.8, 4) is 5.88 Å². The van der Waals surface area contributed by atoms with Crippen LogP contribution in [-0.4, -0.2) is 17.8 Å². The third kappa shape index (κ3) is 4.51. The maximum Gasteiger partial charge on any atom is 0.213 e. The zero-order valence-corrected chi connectivity index (χ0v) is 7.28. The van der Waals surface area contributed by atoms with Crippen molar-refractivity contribution in [3.05, 3.63) is 18.3 Å². The van der Waals surface area contributed by atoms with Crippen molar-refractivity contribution in [1.82, 2.24) is 4.98 Å². The molecule has 0 aliphatic heterocycles. The molecular formula is C7H9ClN2O2. The normalized spacial score (nSPS) is 7.83. The van der Waals surface area contributed by atoms with Crippen LogP contribution in [-0.2, 0) is 4.79 Å². The van der Waals surface area contributed by atoms with E-state index in [9.17, 15) is 0 Å². The standard InChI is InChI=1S/C6H8N2O.CHClO/c1-9-6-3-2-5(7)4-8-6;2-1-3/h2-4H,7H2,1H3;1H. The maximum atomic E-state index is 8.57. The predicted octanol–water partition coefficient (Wildman–Crippen LogP) is 1.09. The van der Waals surface area contributed by atoms with Crippen molar-refractivity contribution in [1.29, 1.82) is 0 Å². The van der Waals surface area contributed by atoms with Gasteiger partial charge in [-0.3, -0.25) is 4.79 Å². The summed E-state index contributed by atoms with van der Waals surface area (Å²) < 4.78 is 4.80. The molecular weight excluding hydrogens is 180 g/mol. The lowest BCUT2D eigenvalue weighted by Gasteiger charge is -1.95. The lowest BCUT2D eigenvalue weighted by molar-refractivity contribution is 0.398. The lowest BCUT2D eigenvalue weighted by Crippen LogP contribution is -1.89. The van der Waals surface area contributed by atoms with Crippen LogP contribution in [0, 0.1) is 0 Å². The molecule has 0 aromatic carbocycles. The summed E-state index contributed by atoms with van der Waals surface area (Å²) in [5, 5.41) is 0. The zero-order valence-electron chi connectivity index (χ0n) is 6.53. The third-order valence-corrected chi connectivity index (χ3v) is 0.968. The fourth-order valence-corrected chi connectivity index (χ4v) is 0.512. The Morgan fingerprint density at radius 3 is 2.58 bits per heavy atom. The molecule has 0 aliphatic rings. The Bertz CT molecular complexity index is 225. The molecule has 1 rings (SSSR count). The molecule has 0 saturated heterocycles. The summed E-state index contributed by atoms with van der Waals surface area (Å²) in [5.74, 6) is 0.809. The molecule has 66 valence electrons. The van der Waals surface area contributed by atoms with Crippen molar-refractivity contribution >= 4 is 23.0 Å². The molecule has 4 nitrogen and oxygen atoms in total. The highest BCUT2D eigenvalue weighted by Gasteiger charge is 1.87. The Balaban J connectivity index is 0.000000354. The van der Waals surface area contributed by atoms with Gasteiger partial charge in [0.2, 0.25) is 11.6 Å². The van der Waals surface area contributed by atoms with Gasteiger partial charge in [0.25, 0.3) is 0 Å². The number of carbonyl (C=O) groups is 1. The van der Waals surface area contributed by atoms with Gasteiger partial charge in [0.05, 0.1) is 19.0 Å². The van der Waals surface area contributed by atoms with E-state index in [4.69, 9.17) is 15.3 Å². The minimum atomic E-state index is 0.222. The molecule has 1 aromatic rings. The number of ether oxygens (including phenoxy) is 1. The Labute approximate surface area is 75.3 Å². The topological polar surface area (TPSA) is 65.2 Å². The van der Waals surface area contributed by atoms with Gasteiger partial charge in [0, 0.05) is 6.07 Å². The number of nitrogens with two attached hydrogens (primary N) is 1. The van der Waals surface area contributed by atoms with Crippen LogP contribution < -0.4 is 10.5 Å². The monoisotopic (exact) mass is 188 g/mol. The molecule has 0 saturated carbocycles. The van der Waals surface area contributed by atoms with Gasteiger partial charge in [0.1, 0.15) is 0 Å². The molecule has 0 fully saturated rings. The first-order valence-electron chi connectivity index (χ1n) is 3.04. The number of anilines is 1. The van der Waals surface area contributed by atoms with Crippen LogP contribution in [0.3, 0.4) is 0 Å². The van der Waals surface area contributed by atoms with Crippen LogP contribution in [0.2, 0.25) is 0 Å². The van der Waals surface area contributed by atoms with Crippen molar-refractivity contribution in [3.63, 3.8) is 0 Å². The summed E-state index contributed by atoms with van der Waals surface area (Å²) in [6.07, 6.45) is 1.55. The largest absolute Gasteiger partial charge is 0.481 e. The number of carbonyl (C=O) groups excluding carboxylic acids is 1. The van der Waals surface area contributed by atoms with Crippen LogP contribution in [0.4, 0.5) is 5.69 Å². The van der Waals surface area contributed by atoms with Gasteiger partial charge in [-0.15, -0.1) is 0 Å². The first kappa shape index (κ1) is 10.7. The number of halogens is 1. The highest BCUT2D eigenvalue weighted by Crippen LogP contribution is 2.06. The minimum Gasteiger partial charge on any atom is -0.481 e. The molecule has 0 aliphatic carbocycles. The van der Waals surface area contributed by atoms with Crippen molar-refractivity contribution < 1.29 is 9.53 Å². The zero-order chi connectivity index (χ0) is 9.40. The molecule has 0 atom stereocenters. The minimum absolute atomic E-state index is 0.222. The van der Waals surface area contributed by atoms with Gasteiger partial charge in [-0.1, -0.05) is 0 Å². The Morgan fingerprint density at radius 1 is 1.67 bits per heavy atom. The highest BCUT2D eigenvalue weighted by atomic mass is 35.5. The number of aromatic nitrogens is 1. The van der Waals surface area contributed by atoms with E-state index in [1.807, 2.05) is 0 Å². The molecule has 1 heterocycles. The van der Waals surface area contributed by atoms with Crippen LogP contribution in [0.1, 0.15) is 0 Å². The van der Waals surface area contributed by atoms with E-state index in [1.165, 1.54) is 0 Å². The molecule has 0 radical (unpaired) electrons. The van der Waals surface area contributed by atoms with Crippen LogP contribution >= 0.6 is 11.6 Å². The molecule has 0 unspecified atom stereocenters. The summed E-state index contributed by atoms with van der Waals surface area (Å²) in [6, 6.07) is 3.46.